The maximum atomic E-state index is 15.3. The van der Waals surface area contributed by atoms with E-state index in [-0.39, 0.29) is 0 Å². The van der Waals surface area contributed by atoms with Crippen molar-refractivity contribution in [1.82, 2.24) is 0 Å². The Bertz CT molecular complexity index is 1630. The van der Waals surface area contributed by atoms with Gasteiger partial charge in [0.25, 0.3) is 0 Å². The Balaban J connectivity index is 1.82. The fraction of sp³-hybridized carbons (Fsp3) is 0.111. The Morgan fingerprint density at radius 3 is 1.32 bits per heavy atom. The van der Waals surface area contributed by atoms with Gasteiger partial charge in [0.1, 0.15) is 0 Å². The van der Waals surface area contributed by atoms with Crippen molar-refractivity contribution in [2.75, 3.05) is 12.5 Å². The van der Waals surface area contributed by atoms with Crippen molar-refractivity contribution in [3.63, 3.8) is 0 Å². The summed E-state index contributed by atoms with van der Waals surface area (Å²) in [4.78, 5) is 0. The first-order valence-corrected chi connectivity index (χ1v) is 14.6. The lowest BCUT2D eigenvalue weighted by Gasteiger charge is -2.34. The van der Waals surface area contributed by atoms with Crippen LogP contribution in [0.3, 0.4) is 0 Å². The van der Waals surface area contributed by atoms with E-state index in [1.165, 1.54) is 24.3 Å². The minimum absolute atomic E-state index is 0.388. The van der Waals surface area contributed by atoms with Crippen molar-refractivity contribution in [3.8, 4) is 22.6 Å². The van der Waals surface area contributed by atoms with Crippen LogP contribution in [0.2, 0.25) is 0 Å². The Labute approximate surface area is 213 Å². The molecule has 0 atom stereocenters. The maximum Gasteiger partial charge on any atom is 0.306 e. The highest BCUT2D eigenvalue weighted by molar-refractivity contribution is 7.86. The molecule has 1 aliphatic carbocycles. The first kappa shape index (κ1) is 24.9. The molecule has 5 rings (SSSR count). The minimum atomic E-state index is -3.97. The average molecular weight is 543 g/mol. The second-order valence-electron chi connectivity index (χ2n) is 8.71. The van der Waals surface area contributed by atoms with Gasteiger partial charge >= 0.3 is 20.2 Å². The lowest BCUT2D eigenvalue weighted by atomic mass is 9.67. The molecule has 0 saturated heterocycles. The van der Waals surface area contributed by atoms with Crippen LogP contribution in [0, 0.1) is 11.6 Å². The van der Waals surface area contributed by atoms with E-state index < -0.39 is 48.8 Å². The molecular formula is C27H20F2O6S2. The van der Waals surface area contributed by atoms with Crippen molar-refractivity contribution in [2.45, 2.75) is 5.41 Å². The van der Waals surface area contributed by atoms with E-state index in [1.807, 2.05) is 48.5 Å². The summed E-state index contributed by atoms with van der Waals surface area (Å²) < 4.78 is 86.4. The molecule has 0 amide bonds. The molecule has 37 heavy (non-hydrogen) atoms. The summed E-state index contributed by atoms with van der Waals surface area (Å²) in [5.74, 6) is -2.77. The van der Waals surface area contributed by atoms with Gasteiger partial charge in [0, 0.05) is 0 Å². The predicted molar refractivity (Wildman–Crippen MR) is 135 cm³/mol. The Morgan fingerprint density at radius 1 is 0.595 bits per heavy atom. The fourth-order valence-corrected chi connectivity index (χ4v) is 5.88. The van der Waals surface area contributed by atoms with Gasteiger partial charge in [0.2, 0.25) is 0 Å². The van der Waals surface area contributed by atoms with Crippen molar-refractivity contribution in [2.24, 2.45) is 0 Å². The highest BCUT2D eigenvalue weighted by Crippen LogP contribution is 2.56. The second-order valence-corrected chi connectivity index (χ2v) is 11.9. The quantitative estimate of drug-likeness (QED) is 0.281. The third-order valence-corrected chi connectivity index (χ3v) is 7.13. The van der Waals surface area contributed by atoms with Gasteiger partial charge in [-0.3, -0.25) is 0 Å². The molecule has 6 nitrogen and oxygen atoms in total. The molecule has 0 aliphatic heterocycles. The van der Waals surface area contributed by atoms with Crippen molar-refractivity contribution in [3.05, 3.63) is 119 Å². The van der Waals surface area contributed by atoms with Crippen LogP contribution in [-0.2, 0) is 25.7 Å². The van der Waals surface area contributed by atoms with Crippen molar-refractivity contribution in [1.29, 1.82) is 0 Å². The molecule has 0 N–H and O–H groups in total. The van der Waals surface area contributed by atoms with Crippen LogP contribution in [0.5, 0.6) is 11.5 Å². The van der Waals surface area contributed by atoms with E-state index in [9.17, 15) is 16.8 Å². The van der Waals surface area contributed by atoms with Crippen LogP contribution in [0.15, 0.2) is 84.9 Å². The fourth-order valence-electron chi connectivity index (χ4n) is 4.95. The number of hydrogen-bond donors (Lipinski definition) is 0. The summed E-state index contributed by atoms with van der Waals surface area (Å²) >= 11 is 0. The molecule has 10 heteroatoms. The SMILES string of the molecule is CS(=O)(=O)Oc1ccc(C2(c3ccc(OS(C)(=O)=O)c(F)c3)c3ccccc3-c3ccccc32)cc1F. The zero-order valence-electron chi connectivity index (χ0n) is 19.6. The highest BCUT2D eigenvalue weighted by Gasteiger charge is 2.46. The molecule has 0 unspecified atom stereocenters. The van der Waals surface area contributed by atoms with Gasteiger partial charge in [-0.15, -0.1) is 0 Å². The van der Waals surface area contributed by atoms with Gasteiger partial charge < -0.3 is 8.37 Å². The molecule has 4 aromatic carbocycles. The van der Waals surface area contributed by atoms with Crippen molar-refractivity contribution >= 4 is 20.2 Å². The average Bonchev–Trinajstić information content (AvgIpc) is 3.12. The maximum absolute atomic E-state index is 15.3. The highest BCUT2D eigenvalue weighted by atomic mass is 32.2. The minimum Gasteiger partial charge on any atom is -0.379 e. The zero-order valence-corrected chi connectivity index (χ0v) is 21.2. The number of hydrogen-bond acceptors (Lipinski definition) is 6. The lowest BCUT2D eigenvalue weighted by molar-refractivity contribution is 0.465. The molecule has 190 valence electrons. The smallest absolute Gasteiger partial charge is 0.306 e. The van der Waals surface area contributed by atoms with E-state index in [0.717, 1.165) is 46.9 Å². The van der Waals surface area contributed by atoms with Gasteiger partial charge in [-0.05, 0) is 57.6 Å². The van der Waals surface area contributed by atoms with E-state index >= 15 is 8.78 Å². The van der Waals surface area contributed by atoms with E-state index in [1.54, 1.807) is 0 Å². The van der Waals surface area contributed by atoms with Gasteiger partial charge in [0.05, 0.1) is 17.9 Å². The number of halogens is 2. The summed E-state index contributed by atoms with van der Waals surface area (Å²) in [6, 6.07) is 22.7. The summed E-state index contributed by atoms with van der Waals surface area (Å²) in [6.45, 7) is 0. The van der Waals surface area contributed by atoms with Gasteiger partial charge in [-0.2, -0.15) is 16.8 Å². The van der Waals surface area contributed by atoms with Crippen molar-refractivity contribution < 1.29 is 34.0 Å². The number of rotatable bonds is 6. The molecule has 0 aromatic heterocycles. The summed E-state index contributed by atoms with van der Waals surface area (Å²) in [5, 5.41) is 0. The third-order valence-electron chi connectivity index (χ3n) is 6.16. The normalized spacial score (nSPS) is 14.1. The van der Waals surface area contributed by atoms with Crippen LogP contribution >= 0.6 is 0 Å². The van der Waals surface area contributed by atoms with Gasteiger partial charge in [-0.1, -0.05) is 60.7 Å². The van der Waals surface area contributed by atoms with Crippen LogP contribution in [0.4, 0.5) is 8.78 Å². The largest absolute Gasteiger partial charge is 0.379 e. The van der Waals surface area contributed by atoms with Gasteiger partial charge in [0.15, 0.2) is 23.1 Å². The van der Waals surface area contributed by atoms with E-state index in [4.69, 9.17) is 8.37 Å². The lowest BCUT2D eigenvalue weighted by Crippen LogP contribution is -2.29. The van der Waals surface area contributed by atoms with Crippen LogP contribution in [0.1, 0.15) is 22.3 Å². The standard InChI is InChI=1S/C27H20F2O6S2/c1-36(30,31)34-25-13-11-17(15-23(25)28)27(18-12-14-26(24(29)16-18)35-37(2,32)33)21-9-5-3-7-19(21)20-8-4-6-10-22(20)27/h3-16H,1-2H3. The molecule has 0 spiro atoms. The molecule has 1 aliphatic rings. The van der Waals surface area contributed by atoms with E-state index in [0.29, 0.717) is 11.1 Å². The van der Waals surface area contributed by atoms with Crippen LogP contribution in [-0.4, -0.2) is 29.3 Å². The third kappa shape index (κ3) is 4.36. The Kier molecular flexibility index (Phi) is 5.84. The number of benzene rings is 4. The summed E-state index contributed by atoms with van der Waals surface area (Å²) in [6.07, 6.45) is 1.63. The number of fused-ring (bicyclic) bond motifs is 3. The topological polar surface area (TPSA) is 86.7 Å². The van der Waals surface area contributed by atoms with E-state index in [2.05, 4.69) is 0 Å². The summed E-state index contributed by atoms with van der Waals surface area (Å²) in [7, 11) is -7.95. The molecule has 0 bridgehead atoms. The second kappa shape index (κ2) is 8.67. The Morgan fingerprint density at radius 2 is 0.973 bits per heavy atom. The molecule has 0 fully saturated rings. The van der Waals surface area contributed by atoms with Gasteiger partial charge in [-0.25, -0.2) is 8.78 Å². The zero-order chi connectivity index (χ0) is 26.6. The molecule has 4 aromatic rings. The first-order chi connectivity index (χ1) is 17.4. The monoisotopic (exact) mass is 542 g/mol. The molecule has 0 saturated carbocycles. The Hall–Kier alpha value is -3.76. The first-order valence-electron chi connectivity index (χ1n) is 11.0. The van der Waals surface area contributed by atoms with Crippen LogP contribution < -0.4 is 8.37 Å². The van der Waals surface area contributed by atoms with Crippen LogP contribution in [0.25, 0.3) is 11.1 Å². The summed E-state index contributed by atoms with van der Waals surface area (Å²) in [5.41, 5.74) is 2.74. The predicted octanol–water partition coefficient (Wildman–Crippen LogP) is 5.00. The molecule has 0 heterocycles. The molecule has 0 radical (unpaired) electrons. The molecular weight excluding hydrogens is 522 g/mol.